The Morgan fingerprint density at radius 1 is 1.18 bits per heavy atom. The summed E-state index contributed by atoms with van der Waals surface area (Å²) in [6, 6.07) is 0. The van der Waals surface area contributed by atoms with E-state index in [1.807, 2.05) is 25.7 Å². The van der Waals surface area contributed by atoms with Crippen LogP contribution in [-0.4, -0.2) is 48.0 Å². The van der Waals surface area contributed by atoms with Crippen LogP contribution in [0.1, 0.15) is 54.9 Å². The predicted octanol–water partition coefficient (Wildman–Crippen LogP) is 3.09. The molecule has 1 saturated carbocycles. The molecule has 3 rings (SSSR count). The van der Waals surface area contributed by atoms with E-state index in [0.717, 1.165) is 13.0 Å². The number of rotatable bonds is 1. The molecule has 1 amide bonds. The van der Waals surface area contributed by atoms with Gasteiger partial charge in [0.1, 0.15) is 5.60 Å². The minimum absolute atomic E-state index is 0.0397. The molecule has 5 nitrogen and oxygen atoms in total. The van der Waals surface area contributed by atoms with Crippen molar-refractivity contribution in [3.63, 3.8) is 0 Å². The molecule has 6 heteroatoms. The van der Waals surface area contributed by atoms with Crippen molar-refractivity contribution < 1.29 is 18.8 Å². The largest absolute Gasteiger partial charge is 0.466 e. The van der Waals surface area contributed by atoms with E-state index in [1.165, 1.54) is 0 Å². The lowest BCUT2D eigenvalue weighted by Crippen LogP contribution is -2.41. The van der Waals surface area contributed by atoms with E-state index in [-0.39, 0.29) is 29.7 Å². The first-order chi connectivity index (χ1) is 9.86. The molecule has 22 heavy (non-hydrogen) atoms. The summed E-state index contributed by atoms with van der Waals surface area (Å²) in [5.41, 5.74) is -1.10. The molecule has 0 aromatic heterocycles. The highest BCUT2D eigenvalue weighted by atomic mass is 16.7. The van der Waals surface area contributed by atoms with E-state index >= 15 is 0 Å². The van der Waals surface area contributed by atoms with Crippen LogP contribution in [0.2, 0.25) is 5.31 Å². The average molecular weight is 309 g/mol. The summed E-state index contributed by atoms with van der Waals surface area (Å²) in [4.78, 5) is 14.1. The Labute approximate surface area is 133 Å². The van der Waals surface area contributed by atoms with Crippen LogP contribution in [0.4, 0.5) is 4.79 Å². The number of carbonyl (C=O) groups is 1. The number of ether oxygens (including phenoxy) is 1. The van der Waals surface area contributed by atoms with Crippen molar-refractivity contribution in [2.75, 3.05) is 13.1 Å². The third-order valence-corrected chi connectivity index (χ3v) is 5.58. The lowest BCUT2D eigenvalue weighted by Gasteiger charge is -2.32. The Hall–Kier alpha value is -0.745. The molecule has 0 unspecified atom stereocenters. The standard InChI is InChI=1S/C16H28BNO4/c1-13(2,3)20-12(19)18-9-11-8-16(11,10-18)17-21-14(4,5)15(6,7)22-17/h11H,8-10H2,1-7H3/t11-,16-/m1/s1. The number of likely N-dealkylation sites (tertiary alicyclic amines) is 1. The van der Waals surface area contributed by atoms with Crippen LogP contribution in [0.15, 0.2) is 0 Å². The van der Waals surface area contributed by atoms with Crippen molar-refractivity contribution >= 4 is 13.2 Å². The molecule has 0 bridgehead atoms. The Bertz CT molecular complexity index is 483. The second-order valence-electron chi connectivity index (χ2n) is 9.08. The second kappa shape index (κ2) is 4.41. The van der Waals surface area contributed by atoms with Crippen molar-refractivity contribution in [3.8, 4) is 0 Å². The third-order valence-electron chi connectivity index (χ3n) is 5.58. The lowest BCUT2D eigenvalue weighted by molar-refractivity contribution is 0.00578. The third kappa shape index (κ3) is 2.44. The van der Waals surface area contributed by atoms with Gasteiger partial charge in [-0.15, -0.1) is 0 Å². The van der Waals surface area contributed by atoms with Crippen LogP contribution in [-0.2, 0) is 14.0 Å². The van der Waals surface area contributed by atoms with Crippen LogP contribution in [0.3, 0.4) is 0 Å². The number of hydrogen-bond donors (Lipinski definition) is 0. The van der Waals surface area contributed by atoms with Crippen molar-refractivity contribution in [2.24, 2.45) is 5.92 Å². The molecular weight excluding hydrogens is 281 g/mol. The number of hydrogen-bond acceptors (Lipinski definition) is 4. The van der Waals surface area contributed by atoms with Crippen LogP contribution < -0.4 is 0 Å². The van der Waals surface area contributed by atoms with E-state index in [9.17, 15) is 4.79 Å². The minimum Gasteiger partial charge on any atom is -0.444 e. The van der Waals surface area contributed by atoms with Gasteiger partial charge in [-0.2, -0.15) is 0 Å². The Balaban J connectivity index is 1.68. The molecule has 0 aromatic carbocycles. The summed E-state index contributed by atoms with van der Waals surface area (Å²) >= 11 is 0. The summed E-state index contributed by atoms with van der Waals surface area (Å²) in [5.74, 6) is 0.467. The normalized spacial score (nSPS) is 35.5. The van der Waals surface area contributed by atoms with Gasteiger partial charge in [0.05, 0.1) is 11.2 Å². The van der Waals surface area contributed by atoms with Gasteiger partial charge in [0, 0.05) is 18.4 Å². The quantitative estimate of drug-likeness (QED) is 0.698. The maximum absolute atomic E-state index is 12.3. The minimum atomic E-state index is -0.457. The molecule has 1 aliphatic carbocycles. The van der Waals surface area contributed by atoms with Crippen molar-refractivity contribution in [3.05, 3.63) is 0 Å². The molecule has 0 radical (unpaired) electrons. The van der Waals surface area contributed by atoms with Gasteiger partial charge in [0.2, 0.25) is 0 Å². The summed E-state index contributed by atoms with van der Waals surface area (Å²) in [6.07, 6.45) is 0.846. The van der Waals surface area contributed by atoms with Gasteiger partial charge in [0.25, 0.3) is 0 Å². The number of amides is 1. The van der Waals surface area contributed by atoms with E-state index in [2.05, 4.69) is 27.7 Å². The van der Waals surface area contributed by atoms with E-state index in [4.69, 9.17) is 14.0 Å². The monoisotopic (exact) mass is 309 g/mol. The molecule has 2 atom stereocenters. The van der Waals surface area contributed by atoms with Crippen LogP contribution in [0, 0.1) is 5.92 Å². The number of nitrogens with zero attached hydrogens (tertiary/aromatic N) is 1. The average Bonchev–Trinajstić information content (AvgIpc) is 2.79. The summed E-state index contributed by atoms with van der Waals surface area (Å²) in [7, 11) is -0.227. The summed E-state index contributed by atoms with van der Waals surface area (Å²) in [6.45, 7) is 15.4. The highest BCUT2D eigenvalue weighted by Crippen LogP contribution is 2.68. The van der Waals surface area contributed by atoms with Gasteiger partial charge in [0.15, 0.2) is 0 Å². The fourth-order valence-corrected chi connectivity index (χ4v) is 3.43. The topological polar surface area (TPSA) is 48.0 Å². The first-order valence-electron chi connectivity index (χ1n) is 8.20. The molecule has 2 saturated heterocycles. The smallest absolute Gasteiger partial charge is 0.444 e. The van der Waals surface area contributed by atoms with Crippen LogP contribution >= 0.6 is 0 Å². The Kier molecular flexibility index (Phi) is 3.23. The summed E-state index contributed by atoms with van der Waals surface area (Å²) < 4.78 is 17.9. The fourth-order valence-electron chi connectivity index (χ4n) is 3.43. The zero-order valence-electron chi connectivity index (χ0n) is 14.9. The SMILES string of the molecule is CC(C)(C)OC(=O)N1C[C@H]2C[C@@]2(B2OC(C)(C)C(C)(C)O2)C1. The van der Waals surface area contributed by atoms with Crippen LogP contribution in [0.25, 0.3) is 0 Å². The van der Waals surface area contributed by atoms with Crippen molar-refractivity contribution in [1.82, 2.24) is 4.90 Å². The van der Waals surface area contributed by atoms with Crippen molar-refractivity contribution in [1.29, 1.82) is 0 Å². The molecule has 2 aliphatic heterocycles. The number of fused-ring (bicyclic) bond motifs is 1. The van der Waals surface area contributed by atoms with E-state index in [1.54, 1.807) is 0 Å². The maximum atomic E-state index is 12.3. The zero-order chi connectivity index (χ0) is 16.6. The molecule has 0 aromatic rings. The van der Waals surface area contributed by atoms with Crippen molar-refractivity contribution in [2.45, 2.75) is 77.0 Å². The molecule has 124 valence electrons. The van der Waals surface area contributed by atoms with E-state index < -0.39 is 5.60 Å². The Morgan fingerprint density at radius 2 is 1.73 bits per heavy atom. The van der Waals surface area contributed by atoms with Gasteiger partial charge >= 0.3 is 13.2 Å². The highest BCUT2D eigenvalue weighted by molar-refractivity contribution is 6.51. The molecule has 3 fully saturated rings. The van der Waals surface area contributed by atoms with Gasteiger partial charge in [-0.3, -0.25) is 0 Å². The zero-order valence-corrected chi connectivity index (χ0v) is 14.9. The van der Waals surface area contributed by atoms with Crippen LogP contribution in [0.5, 0.6) is 0 Å². The first kappa shape index (κ1) is 16.1. The number of piperidine rings is 1. The van der Waals surface area contributed by atoms with Gasteiger partial charge in [-0.05, 0) is 60.8 Å². The molecule has 3 aliphatic rings. The first-order valence-corrected chi connectivity index (χ1v) is 8.20. The second-order valence-corrected chi connectivity index (χ2v) is 9.08. The predicted molar refractivity (Wildman–Crippen MR) is 84.7 cm³/mol. The molecule has 2 heterocycles. The fraction of sp³-hybridized carbons (Fsp3) is 0.938. The van der Waals surface area contributed by atoms with Gasteiger partial charge < -0.3 is 18.9 Å². The molecule has 0 N–H and O–H groups in total. The van der Waals surface area contributed by atoms with E-state index in [0.29, 0.717) is 12.5 Å². The molecular formula is C16H28BNO4. The number of carbonyl (C=O) groups excluding carboxylic acids is 1. The summed E-state index contributed by atoms with van der Waals surface area (Å²) in [5, 5.41) is -0.0397. The maximum Gasteiger partial charge on any atom is 0.466 e. The van der Waals surface area contributed by atoms with Gasteiger partial charge in [-0.25, -0.2) is 4.79 Å². The highest BCUT2D eigenvalue weighted by Gasteiger charge is 2.73. The Morgan fingerprint density at radius 3 is 2.23 bits per heavy atom. The molecule has 0 spiro atoms. The van der Waals surface area contributed by atoms with Gasteiger partial charge in [-0.1, -0.05) is 0 Å². The lowest BCUT2D eigenvalue weighted by atomic mass is 9.67.